The van der Waals surface area contributed by atoms with Gasteiger partial charge in [0.05, 0.1) is 30.4 Å². The molecule has 2 fully saturated rings. The zero-order valence-electron chi connectivity index (χ0n) is 20.5. The molecule has 0 spiro atoms. The number of ether oxygens (including phenoxy) is 1. The number of alkyl halides is 6. The lowest BCUT2D eigenvalue weighted by atomic mass is 9.84. The number of piperidine rings is 1. The smallest absolute Gasteiger partial charge is 0.371 e. The molecule has 0 bridgehead atoms. The van der Waals surface area contributed by atoms with Crippen molar-refractivity contribution in [3.8, 4) is 0 Å². The number of carbonyl (C=O) groups is 1. The number of hydrogen-bond donors (Lipinski definition) is 0. The quantitative estimate of drug-likeness (QED) is 0.430. The summed E-state index contributed by atoms with van der Waals surface area (Å²) in [5, 5.41) is 0. The Hall–Kier alpha value is -2.59. The van der Waals surface area contributed by atoms with Crippen LogP contribution in [-0.2, 0) is 28.5 Å². The molecular weight excluding hydrogens is 498 g/mol. The first kappa shape index (κ1) is 27.4. The second-order valence-corrected chi connectivity index (χ2v) is 9.84. The maximum Gasteiger partial charge on any atom is 0.416 e. The van der Waals surface area contributed by atoms with Crippen molar-refractivity contribution in [3.63, 3.8) is 0 Å². The molecule has 0 aromatic heterocycles. The summed E-state index contributed by atoms with van der Waals surface area (Å²) >= 11 is 0. The number of rotatable bonds is 6. The molecule has 2 aliphatic heterocycles. The van der Waals surface area contributed by atoms with E-state index >= 15 is 0 Å². The Morgan fingerprint density at radius 3 is 2.16 bits per heavy atom. The van der Waals surface area contributed by atoms with Gasteiger partial charge in [0.25, 0.3) is 0 Å². The first-order valence-corrected chi connectivity index (χ1v) is 12.4. The Labute approximate surface area is 212 Å². The van der Waals surface area contributed by atoms with Crippen LogP contribution in [0.4, 0.5) is 26.3 Å². The van der Waals surface area contributed by atoms with E-state index in [4.69, 9.17) is 4.74 Å². The van der Waals surface area contributed by atoms with Crippen molar-refractivity contribution >= 4 is 5.91 Å². The average Bonchev–Trinajstić information content (AvgIpc) is 3.35. The van der Waals surface area contributed by atoms with E-state index in [0.717, 1.165) is 37.1 Å². The third kappa shape index (κ3) is 6.84. The fourth-order valence-corrected chi connectivity index (χ4v) is 5.21. The van der Waals surface area contributed by atoms with Gasteiger partial charge in [-0.1, -0.05) is 24.3 Å². The second-order valence-electron chi connectivity index (χ2n) is 9.84. The summed E-state index contributed by atoms with van der Waals surface area (Å²) in [6.07, 6.45) is -7.76. The van der Waals surface area contributed by atoms with Gasteiger partial charge in [-0.05, 0) is 74.2 Å². The first-order valence-electron chi connectivity index (χ1n) is 12.4. The van der Waals surface area contributed by atoms with Crippen LogP contribution in [0.1, 0.15) is 53.0 Å². The molecule has 2 aromatic rings. The van der Waals surface area contributed by atoms with Gasteiger partial charge in [0.2, 0.25) is 5.91 Å². The van der Waals surface area contributed by atoms with Crippen molar-refractivity contribution in [3.05, 3.63) is 70.3 Å². The summed E-state index contributed by atoms with van der Waals surface area (Å²) in [5.74, 6) is -0.193. The topological polar surface area (TPSA) is 32.8 Å². The lowest BCUT2D eigenvalue weighted by Gasteiger charge is -2.39. The standard InChI is InChI=1S/C27H30F6N2O2/c1-18-6-2-3-7-22(18)23-8-11-35(25(36)16-34-9-4-5-10-34)15-24(23)37-17-19-12-20(26(28,29)30)14-21(13-19)27(31,32)33/h2-3,6-7,12-14,23-24H,4-5,8-11,15-17H2,1H3/t23-,24-/m0/s1. The lowest BCUT2D eigenvalue weighted by molar-refractivity contribution is -0.143. The largest absolute Gasteiger partial charge is 0.416 e. The number of aryl methyl sites for hydroxylation is 1. The van der Waals surface area contributed by atoms with E-state index in [1.54, 1.807) is 4.90 Å². The summed E-state index contributed by atoms with van der Waals surface area (Å²) in [5.41, 5.74) is -0.952. The second kappa shape index (κ2) is 11.0. The van der Waals surface area contributed by atoms with Crippen LogP contribution in [-0.4, -0.2) is 54.5 Å². The predicted octanol–water partition coefficient (Wildman–Crippen LogP) is 6.03. The summed E-state index contributed by atoms with van der Waals surface area (Å²) in [6, 6.07) is 9.16. The molecular formula is C27H30F6N2O2. The van der Waals surface area contributed by atoms with E-state index < -0.39 is 36.2 Å². The molecule has 2 heterocycles. The fourth-order valence-electron chi connectivity index (χ4n) is 5.21. The monoisotopic (exact) mass is 528 g/mol. The Bertz CT molecular complexity index is 1060. The molecule has 2 aliphatic rings. The highest BCUT2D eigenvalue weighted by Crippen LogP contribution is 2.37. The Morgan fingerprint density at radius 2 is 1.57 bits per heavy atom. The van der Waals surface area contributed by atoms with Gasteiger partial charge in [-0.2, -0.15) is 26.3 Å². The number of nitrogens with zero attached hydrogens (tertiary/aromatic N) is 2. The molecule has 0 saturated carbocycles. The Balaban J connectivity index is 1.56. The summed E-state index contributed by atoms with van der Waals surface area (Å²) in [7, 11) is 0. The summed E-state index contributed by atoms with van der Waals surface area (Å²) in [6.45, 7) is 4.26. The van der Waals surface area contributed by atoms with E-state index in [1.165, 1.54) is 0 Å². The highest BCUT2D eigenvalue weighted by atomic mass is 19.4. The van der Waals surface area contributed by atoms with Crippen LogP contribution in [0.15, 0.2) is 42.5 Å². The van der Waals surface area contributed by atoms with Gasteiger partial charge in [0.15, 0.2) is 0 Å². The molecule has 10 heteroatoms. The van der Waals surface area contributed by atoms with Crippen molar-refractivity contribution < 1.29 is 35.9 Å². The van der Waals surface area contributed by atoms with E-state index in [9.17, 15) is 31.1 Å². The fraction of sp³-hybridized carbons (Fsp3) is 0.519. The molecule has 2 aromatic carbocycles. The van der Waals surface area contributed by atoms with Crippen molar-refractivity contribution in [1.82, 2.24) is 9.80 Å². The Kier molecular flexibility index (Phi) is 8.18. The van der Waals surface area contributed by atoms with Gasteiger partial charge in [-0.3, -0.25) is 9.69 Å². The third-order valence-electron chi connectivity index (χ3n) is 7.17. The van der Waals surface area contributed by atoms with Crippen LogP contribution in [0.2, 0.25) is 0 Å². The zero-order valence-corrected chi connectivity index (χ0v) is 20.5. The van der Waals surface area contributed by atoms with E-state index in [2.05, 4.69) is 4.90 Å². The number of halogens is 6. The van der Waals surface area contributed by atoms with Crippen molar-refractivity contribution in [2.24, 2.45) is 0 Å². The SMILES string of the molecule is Cc1ccccc1[C@@H]1CCN(C(=O)CN2CCCC2)C[C@@H]1OCc1cc(C(F)(F)F)cc(C(F)(F)F)c1. The molecule has 0 aliphatic carbocycles. The first-order chi connectivity index (χ1) is 17.4. The third-order valence-corrected chi connectivity index (χ3v) is 7.17. The minimum Gasteiger partial charge on any atom is -0.371 e. The summed E-state index contributed by atoms with van der Waals surface area (Å²) in [4.78, 5) is 16.8. The van der Waals surface area contributed by atoms with E-state index in [1.807, 2.05) is 31.2 Å². The summed E-state index contributed by atoms with van der Waals surface area (Å²) < 4.78 is 85.9. The van der Waals surface area contributed by atoms with Crippen LogP contribution in [0.3, 0.4) is 0 Å². The molecule has 0 unspecified atom stereocenters. The zero-order chi connectivity index (χ0) is 26.8. The molecule has 37 heavy (non-hydrogen) atoms. The molecule has 2 saturated heterocycles. The van der Waals surface area contributed by atoms with Gasteiger partial charge in [0.1, 0.15) is 0 Å². The van der Waals surface area contributed by atoms with Crippen molar-refractivity contribution in [1.29, 1.82) is 0 Å². The predicted molar refractivity (Wildman–Crippen MR) is 126 cm³/mol. The van der Waals surface area contributed by atoms with Crippen LogP contribution in [0, 0.1) is 6.92 Å². The molecule has 0 N–H and O–H groups in total. The normalized spacial score (nSPS) is 21.4. The van der Waals surface area contributed by atoms with Gasteiger partial charge < -0.3 is 9.64 Å². The van der Waals surface area contributed by atoms with Crippen LogP contribution >= 0.6 is 0 Å². The molecule has 4 nitrogen and oxygen atoms in total. The van der Waals surface area contributed by atoms with Crippen LogP contribution < -0.4 is 0 Å². The minimum atomic E-state index is -4.93. The Morgan fingerprint density at radius 1 is 0.946 bits per heavy atom. The highest BCUT2D eigenvalue weighted by molar-refractivity contribution is 5.78. The van der Waals surface area contributed by atoms with Gasteiger partial charge in [-0.25, -0.2) is 0 Å². The highest BCUT2D eigenvalue weighted by Gasteiger charge is 2.38. The van der Waals surface area contributed by atoms with E-state index in [0.29, 0.717) is 31.6 Å². The van der Waals surface area contributed by atoms with Crippen LogP contribution in [0.25, 0.3) is 0 Å². The van der Waals surface area contributed by atoms with Gasteiger partial charge in [0, 0.05) is 19.0 Å². The number of likely N-dealkylation sites (tertiary alicyclic amines) is 2. The maximum atomic E-state index is 13.3. The average molecular weight is 529 g/mol. The number of hydrogen-bond acceptors (Lipinski definition) is 3. The molecule has 1 amide bonds. The molecule has 4 rings (SSSR count). The van der Waals surface area contributed by atoms with Crippen LogP contribution in [0.5, 0.6) is 0 Å². The lowest BCUT2D eigenvalue weighted by Crippen LogP contribution is -2.49. The molecule has 202 valence electrons. The van der Waals surface area contributed by atoms with Gasteiger partial charge >= 0.3 is 12.4 Å². The number of benzene rings is 2. The molecule has 0 radical (unpaired) electrons. The maximum absolute atomic E-state index is 13.3. The van der Waals surface area contributed by atoms with Crippen molar-refractivity contribution in [2.45, 2.75) is 57.2 Å². The van der Waals surface area contributed by atoms with Gasteiger partial charge in [-0.15, -0.1) is 0 Å². The molecule has 2 atom stereocenters. The van der Waals surface area contributed by atoms with E-state index in [-0.39, 0.29) is 30.0 Å². The van der Waals surface area contributed by atoms with Crippen molar-refractivity contribution in [2.75, 3.05) is 32.7 Å². The minimum absolute atomic E-state index is 0.0443. The number of carbonyl (C=O) groups excluding carboxylic acids is 1. The number of amides is 1.